The Morgan fingerprint density at radius 2 is 2.00 bits per heavy atom. The van der Waals surface area contributed by atoms with Gasteiger partial charge < -0.3 is 0 Å². The molecule has 12 heavy (non-hydrogen) atoms. The summed E-state index contributed by atoms with van der Waals surface area (Å²) in [5.74, 6) is 0. The molecule has 1 aliphatic carbocycles. The van der Waals surface area contributed by atoms with Crippen molar-refractivity contribution in [3.8, 4) is 0 Å². The van der Waals surface area contributed by atoms with E-state index in [9.17, 15) is 0 Å². The van der Waals surface area contributed by atoms with Gasteiger partial charge in [-0.2, -0.15) is 0 Å². The van der Waals surface area contributed by atoms with Crippen LogP contribution in [0.4, 0.5) is 0 Å². The van der Waals surface area contributed by atoms with E-state index in [4.69, 9.17) is 0 Å². The molecule has 0 aliphatic heterocycles. The third-order valence-corrected chi connectivity index (χ3v) is 7.17. The molecule has 0 nitrogen and oxygen atoms in total. The van der Waals surface area contributed by atoms with Crippen LogP contribution in [-0.4, -0.2) is 27.3 Å². The Bertz CT molecular complexity index is 270. The molecular formula is C10H12Se2. The molecule has 0 N–H and O–H groups in total. The molecule has 0 saturated heterocycles. The Morgan fingerprint density at radius 1 is 1.25 bits per heavy atom. The number of benzene rings is 1. The van der Waals surface area contributed by atoms with Gasteiger partial charge in [0.15, 0.2) is 0 Å². The van der Waals surface area contributed by atoms with Crippen LogP contribution in [0, 0.1) is 0 Å². The second-order valence-corrected chi connectivity index (χ2v) is 7.38. The van der Waals surface area contributed by atoms with Gasteiger partial charge in [-0.15, -0.1) is 0 Å². The summed E-state index contributed by atoms with van der Waals surface area (Å²) < 4.78 is 0. The van der Waals surface area contributed by atoms with Gasteiger partial charge in [0.1, 0.15) is 0 Å². The van der Waals surface area contributed by atoms with Gasteiger partial charge in [-0.25, -0.2) is 0 Å². The summed E-state index contributed by atoms with van der Waals surface area (Å²) in [6.07, 6.45) is 4.04. The van der Waals surface area contributed by atoms with Gasteiger partial charge in [-0.3, -0.25) is 0 Å². The van der Waals surface area contributed by atoms with Gasteiger partial charge >= 0.3 is 86.8 Å². The summed E-state index contributed by atoms with van der Waals surface area (Å²) in [4.78, 5) is 0.979. The van der Waals surface area contributed by atoms with Gasteiger partial charge in [0.05, 0.1) is 0 Å². The minimum atomic E-state index is 0.778. The Balaban J connectivity index is 2.23. The molecule has 1 aromatic carbocycles. The monoisotopic (exact) mass is 292 g/mol. The van der Waals surface area contributed by atoms with Gasteiger partial charge in [0.25, 0.3) is 0 Å². The molecule has 1 aromatic rings. The van der Waals surface area contributed by atoms with Gasteiger partial charge in [-0.1, -0.05) is 0 Å². The zero-order valence-electron chi connectivity index (χ0n) is 6.86. The van der Waals surface area contributed by atoms with E-state index in [1.165, 1.54) is 19.3 Å². The normalized spacial score (nSPS) is 21.9. The van der Waals surface area contributed by atoms with Crippen molar-refractivity contribution in [3.63, 3.8) is 0 Å². The van der Waals surface area contributed by atoms with Crippen molar-refractivity contribution in [1.29, 1.82) is 0 Å². The van der Waals surface area contributed by atoms with Crippen molar-refractivity contribution in [3.05, 3.63) is 35.4 Å². The van der Waals surface area contributed by atoms with Crippen LogP contribution in [0.5, 0.6) is 0 Å². The van der Waals surface area contributed by atoms with Crippen LogP contribution in [0.3, 0.4) is 0 Å². The minimum absolute atomic E-state index is 0.778. The molecule has 0 heterocycles. The van der Waals surface area contributed by atoms with E-state index in [1.54, 1.807) is 11.1 Å². The number of fused-ring (bicyclic) bond motifs is 1. The van der Waals surface area contributed by atoms with Crippen LogP contribution < -0.4 is 0 Å². The molecule has 0 saturated carbocycles. The Kier molecular flexibility index (Phi) is 2.93. The molecule has 0 amide bonds. The van der Waals surface area contributed by atoms with Crippen molar-refractivity contribution in [2.75, 3.05) is 0 Å². The molecule has 2 rings (SSSR count). The maximum absolute atomic E-state index is 2.79. The summed E-state index contributed by atoms with van der Waals surface area (Å²) in [7, 11) is 0. The van der Waals surface area contributed by atoms with Gasteiger partial charge in [0, 0.05) is 0 Å². The second kappa shape index (κ2) is 3.98. The predicted molar refractivity (Wildman–Crippen MR) is 55.1 cm³/mol. The number of aryl methyl sites for hydroxylation is 1. The maximum atomic E-state index is 2.79. The summed E-state index contributed by atoms with van der Waals surface area (Å²) in [6, 6.07) is 8.90. The van der Waals surface area contributed by atoms with Crippen LogP contribution in [0.1, 0.15) is 17.5 Å². The van der Waals surface area contributed by atoms with E-state index < -0.39 is 0 Å². The van der Waals surface area contributed by atoms with E-state index in [0.717, 1.165) is 17.9 Å². The van der Waals surface area contributed by atoms with E-state index in [0.29, 0.717) is 0 Å². The number of rotatable bonds is 1. The first kappa shape index (κ1) is 8.84. The second-order valence-electron chi connectivity index (χ2n) is 3.24. The predicted octanol–water partition coefficient (Wildman–Crippen LogP) is 1.48. The van der Waals surface area contributed by atoms with Crippen LogP contribution in [0.2, 0.25) is 4.82 Å². The van der Waals surface area contributed by atoms with Gasteiger partial charge in [0.2, 0.25) is 0 Å². The molecule has 1 atom stereocenters. The van der Waals surface area contributed by atoms with E-state index in [1.807, 2.05) is 0 Å². The molecule has 1 unspecified atom stereocenters. The first-order valence-electron chi connectivity index (χ1n) is 4.27. The molecule has 1 aliphatic rings. The fourth-order valence-corrected chi connectivity index (χ4v) is 4.72. The Morgan fingerprint density at radius 3 is 2.75 bits per heavy atom. The number of hydrogen-bond donors (Lipinski definition) is 0. The average Bonchev–Trinajstić information content (AvgIpc) is 2.17. The Hall–Kier alpha value is 0.259. The van der Waals surface area contributed by atoms with E-state index >= 15 is 0 Å². The van der Waals surface area contributed by atoms with Crippen molar-refractivity contribution >= 4 is 27.3 Å². The summed E-state index contributed by atoms with van der Waals surface area (Å²) >= 11 is 3.56. The molecule has 0 aromatic heterocycles. The van der Waals surface area contributed by atoms with Crippen LogP contribution in [0.25, 0.3) is 0 Å². The van der Waals surface area contributed by atoms with E-state index in [-0.39, 0.29) is 0 Å². The van der Waals surface area contributed by atoms with Crippen molar-refractivity contribution < 1.29 is 0 Å². The Labute approximate surface area is 86.7 Å². The molecule has 0 spiro atoms. The fraction of sp³-hybridized carbons (Fsp3) is 0.400. The van der Waals surface area contributed by atoms with Crippen molar-refractivity contribution in [2.24, 2.45) is 0 Å². The van der Waals surface area contributed by atoms with Crippen molar-refractivity contribution in [1.82, 2.24) is 0 Å². The first-order valence-corrected chi connectivity index (χ1v) is 10.0. The summed E-state index contributed by atoms with van der Waals surface area (Å²) in [6.45, 7) is 0. The quantitative estimate of drug-likeness (QED) is 0.687. The first-order chi connectivity index (χ1) is 5.90. The van der Waals surface area contributed by atoms with E-state index in [2.05, 4.69) is 38.5 Å². The standard InChI is InChI=1S/C10H12Se2/c11-12-10-6-5-8-3-1-2-4-9(8)7-10/h1-4,10-11H,5-7H2. The third-order valence-electron chi connectivity index (χ3n) is 2.45. The molecule has 64 valence electrons. The summed E-state index contributed by atoms with van der Waals surface area (Å²) in [5, 5.41) is 0. The average molecular weight is 290 g/mol. The SMILES string of the molecule is [SeH][Se]C1CCc2ccccc2C1. The third kappa shape index (κ3) is 1.78. The van der Waals surface area contributed by atoms with Gasteiger partial charge in [-0.05, 0) is 0 Å². The molecule has 0 radical (unpaired) electrons. The van der Waals surface area contributed by atoms with Crippen LogP contribution in [0.15, 0.2) is 24.3 Å². The van der Waals surface area contributed by atoms with Crippen LogP contribution in [-0.2, 0) is 12.8 Å². The molecule has 0 bridgehead atoms. The topological polar surface area (TPSA) is 0 Å². The van der Waals surface area contributed by atoms with Crippen molar-refractivity contribution in [2.45, 2.75) is 24.1 Å². The fourth-order valence-electron chi connectivity index (χ4n) is 1.75. The molecule has 2 heteroatoms. The number of hydrogen-bond acceptors (Lipinski definition) is 0. The summed E-state index contributed by atoms with van der Waals surface area (Å²) in [5.41, 5.74) is 3.19. The van der Waals surface area contributed by atoms with Crippen LogP contribution >= 0.6 is 0 Å². The zero-order chi connectivity index (χ0) is 8.39. The molecular weight excluding hydrogens is 278 g/mol. The zero-order valence-corrected chi connectivity index (χ0v) is 10.5. The molecule has 0 fully saturated rings.